The van der Waals surface area contributed by atoms with Crippen LogP contribution >= 0.6 is 11.8 Å². The number of carbonyl (C=O) groups is 1. The summed E-state index contributed by atoms with van der Waals surface area (Å²) in [6.07, 6.45) is 7.87. The Kier molecular flexibility index (Phi) is 3.80. The Hall–Kier alpha value is -0.220. The highest BCUT2D eigenvalue weighted by Crippen LogP contribution is 2.36. The number of amides is 1. The van der Waals surface area contributed by atoms with Gasteiger partial charge in [-0.1, -0.05) is 19.8 Å². The highest BCUT2D eigenvalue weighted by Gasteiger charge is 2.51. The molecule has 92 valence electrons. The minimum atomic E-state index is -0.181. The van der Waals surface area contributed by atoms with Crippen molar-refractivity contribution in [2.24, 2.45) is 0 Å². The average molecular weight is 242 g/mol. The van der Waals surface area contributed by atoms with E-state index in [2.05, 4.69) is 23.4 Å². The third kappa shape index (κ3) is 1.97. The number of carbonyl (C=O) groups excluding carboxylic acids is 1. The maximum absolute atomic E-state index is 12.5. The van der Waals surface area contributed by atoms with Crippen molar-refractivity contribution in [3.8, 4) is 0 Å². The van der Waals surface area contributed by atoms with Gasteiger partial charge in [0.2, 0.25) is 5.91 Å². The summed E-state index contributed by atoms with van der Waals surface area (Å²) in [6, 6.07) is 0. The van der Waals surface area contributed by atoms with Gasteiger partial charge in [-0.3, -0.25) is 10.1 Å². The zero-order valence-corrected chi connectivity index (χ0v) is 11.1. The maximum atomic E-state index is 12.5. The summed E-state index contributed by atoms with van der Waals surface area (Å²) in [5, 5.41) is 3.59. The minimum Gasteiger partial charge on any atom is -0.325 e. The summed E-state index contributed by atoms with van der Waals surface area (Å²) in [5.74, 6) is 1.41. The van der Waals surface area contributed by atoms with Gasteiger partial charge < -0.3 is 4.90 Å². The number of hydrogen-bond acceptors (Lipinski definition) is 3. The standard InChI is InChI=1S/C12H22N2OS/c1-3-10-13-12(6-4-5-7-12)11(15)14(10)8-9-16-2/h10,13H,3-9H2,1-2H3. The number of rotatable bonds is 4. The van der Waals surface area contributed by atoms with Gasteiger partial charge in [-0.25, -0.2) is 0 Å². The monoisotopic (exact) mass is 242 g/mol. The van der Waals surface area contributed by atoms with Crippen LogP contribution < -0.4 is 5.32 Å². The smallest absolute Gasteiger partial charge is 0.244 e. The van der Waals surface area contributed by atoms with Gasteiger partial charge in [0.15, 0.2) is 0 Å². The maximum Gasteiger partial charge on any atom is 0.244 e. The molecule has 1 heterocycles. The largest absolute Gasteiger partial charge is 0.325 e. The second kappa shape index (κ2) is 4.96. The minimum absolute atomic E-state index is 0.181. The molecule has 1 saturated heterocycles. The third-order valence-electron chi connectivity index (χ3n) is 3.87. The topological polar surface area (TPSA) is 32.3 Å². The molecule has 16 heavy (non-hydrogen) atoms. The molecule has 0 radical (unpaired) electrons. The van der Waals surface area contributed by atoms with Gasteiger partial charge in [0, 0.05) is 12.3 Å². The van der Waals surface area contributed by atoms with Crippen LogP contribution in [0.25, 0.3) is 0 Å². The van der Waals surface area contributed by atoms with E-state index in [-0.39, 0.29) is 11.7 Å². The summed E-state index contributed by atoms with van der Waals surface area (Å²) >= 11 is 1.81. The van der Waals surface area contributed by atoms with Gasteiger partial charge in [0.1, 0.15) is 0 Å². The fraction of sp³-hybridized carbons (Fsp3) is 0.917. The van der Waals surface area contributed by atoms with E-state index in [1.165, 1.54) is 12.8 Å². The van der Waals surface area contributed by atoms with Gasteiger partial charge in [0.25, 0.3) is 0 Å². The SMILES string of the molecule is CCC1NC2(CCCC2)C(=O)N1CCSC. The number of nitrogens with zero attached hydrogens (tertiary/aromatic N) is 1. The molecule has 1 spiro atoms. The van der Waals surface area contributed by atoms with Gasteiger partial charge in [-0.15, -0.1) is 0 Å². The molecule has 1 aliphatic carbocycles. The lowest BCUT2D eigenvalue weighted by molar-refractivity contribution is -0.132. The molecule has 1 aliphatic heterocycles. The first-order valence-corrected chi connectivity index (χ1v) is 7.70. The fourth-order valence-electron chi connectivity index (χ4n) is 2.98. The van der Waals surface area contributed by atoms with E-state index in [0.717, 1.165) is 31.6 Å². The number of nitrogens with one attached hydrogen (secondary N) is 1. The molecule has 0 bridgehead atoms. The van der Waals surface area contributed by atoms with Crippen molar-refractivity contribution in [2.75, 3.05) is 18.6 Å². The molecule has 1 saturated carbocycles. The molecule has 2 fully saturated rings. The van der Waals surface area contributed by atoms with Crippen molar-refractivity contribution in [3.63, 3.8) is 0 Å². The predicted molar refractivity (Wildman–Crippen MR) is 68.5 cm³/mol. The van der Waals surface area contributed by atoms with Crippen LogP contribution in [0.5, 0.6) is 0 Å². The van der Waals surface area contributed by atoms with E-state index < -0.39 is 0 Å². The van der Waals surface area contributed by atoms with E-state index in [1.54, 1.807) is 0 Å². The Morgan fingerprint density at radius 1 is 1.50 bits per heavy atom. The van der Waals surface area contributed by atoms with Crippen molar-refractivity contribution in [2.45, 2.75) is 50.7 Å². The fourth-order valence-corrected chi connectivity index (χ4v) is 3.36. The van der Waals surface area contributed by atoms with Crippen molar-refractivity contribution < 1.29 is 4.79 Å². The highest BCUT2D eigenvalue weighted by molar-refractivity contribution is 7.98. The van der Waals surface area contributed by atoms with Crippen LogP contribution in [0.3, 0.4) is 0 Å². The first kappa shape index (κ1) is 12.2. The molecule has 0 aromatic rings. The van der Waals surface area contributed by atoms with Gasteiger partial charge in [-0.2, -0.15) is 11.8 Å². The third-order valence-corrected chi connectivity index (χ3v) is 4.46. The van der Waals surface area contributed by atoms with Crippen LogP contribution in [-0.2, 0) is 4.79 Å². The Morgan fingerprint density at radius 2 is 2.19 bits per heavy atom. The number of hydrogen-bond donors (Lipinski definition) is 1. The zero-order chi connectivity index (χ0) is 11.6. The van der Waals surface area contributed by atoms with Crippen LogP contribution in [0.15, 0.2) is 0 Å². The van der Waals surface area contributed by atoms with Crippen molar-refractivity contribution >= 4 is 17.7 Å². The van der Waals surface area contributed by atoms with Crippen molar-refractivity contribution in [1.82, 2.24) is 10.2 Å². The Balaban J connectivity index is 2.08. The molecular weight excluding hydrogens is 220 g/mol. The van der Waals surface area contributed by atoms with E-state index in [4.69, 9.17) is 0 Å². The first-order chi connectivity index (χ1) is 7.73. The molecule has 1 unspecified atom stereocenters. The lowest BCUT2D eigenvalue weighted by Gasteiger charge is -2.22. The van der Waals surface area contributed by atoms with E-state index in [9.17, 15) is 4.79 Å². The zero-order valence-electron chi connectivity index (χ0n) is 10.3. The molecule has 0 aromatic carbocycles. The van der Waals surface area contributed by atoms with Crippen LogP contribution in [0.1, 0.15) is 39.0 Å². The van der Waals surface area contributed by atoms with Crippen LogP contribution in [0.2, 0.25) is 0 Å². The Bertz CT molecular complexity index is 264. The number of thioether (sulfide) groups is 1. The quantitative estimate of drug-likeness (QED) is 0.816. The van der Waals surface area contributed by atoms with Gasteiger partial charge >= 0.3 is 0 Å². The normalized spacial score (nSPS) is 28.2. The molecule has 2 aliphatic rings. The summed E-state index contributed by atoms with van der Waals surface area (Å²) in [5.41, 5.74) is -0.181. The molecule has 1 amide bonds. The highest BCUT2D eigenvalue weighted by atomic mass is 32.2. The lowest BCUT2D eigenvalue weighted by atomic mass is 9.98. The average Bonchev–Trinajstić information content (AvgIpc) is 2.86. The molecule has 0 aromatic heterocycles. The van der Waals surface area contributed by atoms with E-state index in [1.807, 2.05) is 11.8 Å². The molecule has 1 N–H and O–H groups in total. The van der Waals surface area contributed by atoms with Crippen LogP contribution in [0.4, 0.5) is 0 Å². The summed E-state index contributed by atoms with van der Waals surface area (Å²) in [4.78, 5) is 14.5. The summed E-state index contributed by atoms with van der Waals surface area (Å²) in [7, 11) is 0. The van der Waals surface area contributed by atoms with E-state index in [0.29, 0.717) is 5.91 Å². The second-order valence-electron chi connectivity index (χ2n) is 4.85. The summed E-state index contributed by atoms with van der Waals surface area (Å²) in [6.45, 7) is 3.05. The molecule has 2 rings (SSSR count). The van der Waals surface area contributed by atoms with Crippen molar-refractivity contribution in [3.05, 3.63) is 0 Å². The van der Waals surface area contributed by atoms with Gasteiger partial charge in [-0.05, 0) is 25.5 Å². The molecular formula is C12H22N2OS. The Labute approximate surface area is 102 Å². The Morgan fingerprint density at radius 3 is 2.75 bits per heavy atom. The van der Waals surface area contributed by atoms with E-state index >= 15 is 0 Å². The first-order valence-electron chi connectivity index (χ1n) is 6.31. The lowest BCUT2D eigenvalue weighted by Crippen LogP contribution is -2.44. The van der Waals surface area contributed by atoms with Crippen molar-refractivity contribution in [1.29, 1.82) is 0 Å². The molecule has 3 nitrogen and oxygen atoms in total. The summed E-state index contributed by atoms with van der Waals surface area (Å²) < 4.78 is 0. The van der Waals surface area contributed by atoms with Crippen LogP contribution in [0, 0.1) is 0 Å². The molecule has 4 heteroatoms. The predicted octanol–water partition coefficient (Wildman–Crippen LogP) is 1.83. The van der Waals surface area contributed by atoms with Gasteiger partial charge in [0.05, 0.1) is 11.7 Å². The van der Waals surface area contributed by atoms with Crippen LogP contribution in [-0.4, -0.2) is 41.1 Å². The molecule has 1 atom stereocenters. The second-order valence-corrected chi connectivity index (χ2v) is 5.83.